The second kappa shape index (κ2) is 5.99. The van der Waals surface area contributed by atoms with Gasteiger partial charge in [0.2, 0.25) is 0 Å². The largest absolute Gasteiger partial charge is 0.311 e. The molecule has 0 atom stereocenters. The standard InChI is InChI=1S/C12H21N3O/c1-10-12(15-16-14-10)9-13-8-7-11-5-3-2-4-6-11/h11,13H,2-9H2,1H3. The van der Waals surface area contributed by atoms with Crippen molar-refractivity contribution in [1.82, 2.24) is 15.6 Å². The molecule has 0 radical (unpaired) electrons. The third-order valence-electron chi connectivity index (χ3n) is 3.49. The molecule has 0 bridgehead atoms. The van der Waals surface area contributed by atoms with Gasteiger partial charge in [-0.05, 0) is 25.8 Å². The van der Waals surface area contributed by atoms with Crippen LogP contribution in [0, 0.1) is 12.8 Å². The minimum absolute atomic E-state index is 0.780. The van der Waals surface area contributed by atoms with E-state index in [0.717, 1.165) is 30.4 Å². The van der Waals surface area contributed by atoms with Crippen LogP contribution in [0.25, 0.3) is 0 Å². The quantitative estimate of drug-likeness (QED) is 0.779. The predicted molar refractivity (Wildman–Crippen MR) is 61.9 cm³/mol. The number of rotatable bonds is 5. The van der Waals surface area contributed by atoms with E-state index in [1.807, 2.05) is 6.92 Å². The first-order chi connectivity index (χ1) is 7.86. The van der Waals surface area contributed by atoms with Crippen molar-refractivity contribution in [3.63, 3.8) is 0 Å². The molecular weight excluding hydrogens is 202 g/mol. The maximum atomic E-state index is 4.65. The van der Waals surface area contributed by atoms with Gasteiger partial charge in [0.1, 0.15) is 11.4 Å². The van der Waals surface area contributed by atoms with E-state index in [1.165, 1.54) is 38.5 Å². The molecule has 0 aromatic carbocycles. The van der Waals surface area contributed by atoms with Gasteiger partial charge in [0, 0.05) is 6.54 Å². The molecular formula is C12H21N3O. The monoisotopic (exact) mass is 223 g/mol. The van der Waals surface area contributed by atoms with E-state index in [1.54, 1.807) is 0 Å². The van der Waals surface area contributed by atoms with Gasteiger partial charge in [-0.25, -0.2) is 4.63 Å². The zero-order valence-corrected chi connectivity index (χ0v) is 10.0. The van der Waals surface area contributed by atoms with E-state index in [4.69, 9.17) is 0 Å². The molecule has 2 rings (SSSR count). The lowest BCUT2D eigenvalue weighted by Crippen LogP contribution is -2.19. The normalized spacial score (nSPS) is 17.8. The van der Waals surface area contributed by atoms with Gasteiger partial charge in [-0.15, -0.1) is 0 Å². The number of aryl methyl sites for hydroxylation is 1. The summed E-state index contributed by atoms with van der Waals surface area (Å²) in [6, 6.07) is 0. The Morgan fingerprint density at radius 2 is 2.06 bits per heavy atom. The molecule has 1 aliphatic rings. The van der Waals surface area contributed by atoms with Crippen LogP contribution in [0.2, 0.25) is 0 Å². The fraction of sp³-hybridized carbons (Fsp3) is 0.833. The molecule has 0 amide bonds. The van der Waals surface area contributed by atoms with Gasteiger partial charge in [-0.2, -0.15) is 0 Å². The molecule has 1 heterocycles. The lowest BCUT2D eigenvalue weighted by molar-refractivity contribution is 0.299. The summed E-state index contributed by atoms with van der Waals surface area (Å²) in [5.74, 6) is 0.942. The van der Waals surface area contributed by atoms with E-state index in [0.29, 0.717) is 0 Å². The SMILES string of the molecule is Cc1nonc1CNCCC1CCCCC1. The summed E-state index contributed by atoms with van der Waals surface area (Å²) in [6.45, 7) is 3.79. The molecule has 1 saturated carbocycles. The second-order valence-corrected chi connectivity index (χ2v) is 4.77. The Balaban J connectivity index is 1.59. The summed E-state index contributed by atoms with van der Waals surface area (Å²) in [5.41, 5.74) is 1.83. The Morgan fingerprint density at radius 1 is 1.25 bits per heavy atom. The Hall–Kier alpha value is -0.900. The fourth-order valence-corrected chi connectivity index (χ4v) is 2.40. The Labute approximate surface area is 96.8 Å². The van der Waals surface area contributed by atoms with Gasteiger partial charge in [0.25, 0.3) is 0 Å². The van der Waals surface area contributed by atoms with Crippen LogP contribution in [-0.4, -0.2) is 16.9 Å². The molecule has 0 aliphatic heterocycles. The highest BCUT2D eigenvalue weighted by molar-refractivity contribution is 5.03. The van der Waals surface area contributed by atoms with Crippen LogP contribution in [0.15, 0.2) is 4.63 Å². The van der Waals surface area contributed by atoms with Crippen molar-refractivity contribution in [1.29, 1.82) is 0 Å². The van der Waals surface area contributed by atoms with Gasteiger partial charge in [0.05, 0.1) is 0 Å². The number of aromatic nitrogens is 2. The molecule has 0 saturated heterocycles. The Kier molecular flexibility index (Phi) is 4.34. The second-order valence-electron chi connectivity index (χ2n) is 4.77. The zero-order valence-electron chi connectivity index (χ0n) is 10.0. The minimum atomic E-state index is 0.780. The van der Waals surface area contributed by atoms with Crippen LogP contribution >= 0.6 is 0 Å². The fourth-order valence-electron chi connectivity index (χ4n) is 2.40. The van der Waals surface area contributed by atoms with E-state index in [9.17, 15) is 0 Å². The van der Waals surface area contributed by atoms with E-state index < -0.39 is 0 Å². The lowest BCUT2D eigenvalue weighted by atomic mass is 9.87. The van der Waals surface area contributed by atoms with Gasteiger partial charge in [-0.3, -0.25) is 0 Å². The summed E-state index contributed by atoms with van der Waals surface area (Å²) in [5, 5.41) is 11.0. The van der Waals surface area contributed by atoms with Crippen molar-refractivity contribution in [2.24, 2.45) is 5.92 Å². The van der Waals surface area contributed by atoms with Crippen molar-refractivity contribution in [2.45, 2.75) is 52.0 Å². The molecule has 1 aliphatic carbocycles. The minimum Gasteiger partial charge on any atom is -0.311 e. The molecule has 0 spiro atoms. The lowest BCUT2D eigenvalue weighted by Gasteiger charge is -2.21. The summed E-state index contributed by atoms with van der Waals surface area (Å²) in [7, 11) is 0. The number of hydrogen-bond donors (Lipinski definition) is 1. The van der Waals surface area contributed by atoms with Crippen molar-refractivity contribution < 1.29 is 4.63 Å². The number of hydrogen-bond acceptors (Lipinski definition) is 4. The van der Waals surface area contributed by atoms with Gasteiger partial charge < -0.3 is 5.32 Å². The summed E-state index contributed by atoms with van der Waals surface area (Å²) < 4.78 is 4.65. The highest BCUT2D eigenvalue weighted by Crippen LogP contribution is 2.25. The first-order valence-electron chi connectivity index (χ1n) is 6.35. The zero-order chi connectivity index (χ0) is 11.2. The summed E-state index contributed by atoms with van der Waals surface area (Å²) in [6.07, 6.45) is 8.43. The van der Waals surface area contributed by atoms with E-state index >= 15 is 0 Å². The first kappa shape index (κ1) is 11.6. The van der Waals surface area contributed by atoms with Crippen molar-refractivity contribution >= 4 is 0 Å². The van der Waals surface area contributed by atoms with Crippen LogP contribution in [-0.2, 0) is 6.54 Å². The van der Waals surface area contributed by atoms with Gasteiger partial charge in [-0.1, -0.05) is 42.4 Å². The van der Waals surface area contributed by atoms with Gasteiger partial charge in [0.15, 0.2) is 0 Å². The molecule has 4 heteroatoms. The first-order valence-corrected chi connectivity index (χ1v) is 6.35. The molecule has 90 valence electrons. The Bertz CT molecular complexity index is 305. The van der Waals surface area contributed by atoms with Crippen LogP contribution in [0.4, 0.5) is 0 Å². The van der Waals surface area contributed by atoms with Crippen LogP contribution in [0.3, 0.4) is 0 Å². The van der Waals surface area contributed by atoms with Crippen LogP contribution < -0.4 is 5.32 Å². The molecule has 16 heavy (non-hydrogen) atoms. The highest BCUT2D eigenvalue weighted by atomic mass is 16.6. The number of nitrogens with one attached hydrogen (secondary N) is 1. The molecule has 1 N–H and O–H groups in total. The molecule has 1 fully saturated rings. The average molecular weight is 223 g/mol. The molecule has 1 aromatic heterocycles. The smallest absolute Gasteiger partial charge is 0.121 e. The van der Waals surface area contributed by atoms with E-state index in [2.05, 4.69) is 20.3 Å². The van der Waals surface area contributed by atoms with Crippen molar-refractivity contribution in [3.8, 4) is 0 Å². The molecule has 1 aromatic rings. The third-order valence-corrected chi connectivity index (χ3v) is 3.49. The Morgan fingerprint density at radius 3 is 2.75 bits per heavy atom. The third kappa shape index (κ3) is 3.30. The molecule has 0 unspecified atom stereocenters. The van der Waals surface area contributed by atoms with E-state index in [-0.39, 0.29) is 0 Å². The maximum absolute atomic E-state index is 4.65. The summed E-state index contributed by atoms with van der Waals surface area (Å²) >= 11 is 0. The van der Waals surface area contributed by atoms with Crippen molar-refractivity contribution in [3.05, 3.63) is 11.4 Å². The molecule has 4 nitrogen and oxygen atoms in total. The topological polar surface area (TPSA) is 51.0 Å². The highest BCUT2D eigenvalue weighted by Gasteiger charge is 2.12. The van der Waals surface area contributed by atoms with Crippen molar-refractivity contribution in [2.75, 3.05) is 6.54 Å². The predicted octanol–water partition coefficient (Wildman–Crippen LogP) is 2.44. The van der Waals surface area contributed by atoms with Gasteiger partial charge >= 0.3 is 0 Å². The summed E-state index contributed by atoms with van der Waals surface area (Å²) in [4.78, 5) is 0. The van der Waals surface area contributed by atoms with Crippen LogP contribution in [0.1, 0.15) is 49.9 Å². The number of nitrogens with zero attached hydrogens (tertiary/aromatic N) is 2. The maximum Gasteiger partial charge on any atom is 0.121 e. The van der Waals surface area contributed by atoms with Crippen LogP contribution in [0.5, 0.6) is 0 Å². The average Bonchev–Trinajstić information content (AvgIpc) is 2.72.